The van der Waals surface area contributed by atoms with Crippen molar-refractivity contribution < 1.29 is 31.3 Å². The third-order valence-corrected chi connectivity index (χ3v) is 6.81. The molecule has 2 heterocycles. The van der Waals surface area contributed by atoms with Gasteiger partial charge in [-0.3, -0.25) is 9.69 Å². The van der Waals surface area contributed by atoms with E-state index in [4.69, 9.17) is 21.1 Å². The third kappa shape index (κ3) is 7.67. The van der Waals surface area contributed by atoms with Crippen LogP contribution in [-0.2, 0) is 19.6 Å². The summed E-state index contributed by atoms with van der Waals surface area (Å²) in [4.78, 5) is 30.5. The van der Waals surface area contributed by atoms with Crippen LogP contribution in [-0.4, -0.2) is 81.9 Å². The Balaban J connectivity index is 1.30. The highest BCUT2D eigenvalue weighted by Crippen LogP contribution is 2.28. The van der Waals surface area contributed by atoms with Crippen molar-refractivity contribution in [1.82, 2.24) is 10.2 Å². The first-order chi connectivity index (χ1) is 18.5. The van der Waals surface area contributed by atoms with E-state index in [-0.39, 0.29) is 17.8 Å². The summed E-state index contributed by atoms with van der Waals surface area (Å²) >= 11 is 4.98. The van der Waals surface area contributed by atoms with Crippen molar-refractivity contribution in [2.45, 2.75) is 13.0 Å². The molecule has 4 rings (SSSR count). The number of cyclic esters (lactones) is 1. The maximum absolute atomic E-state index is 15.1. The Bertz CT molecular complexity index is 1380. The summed E-state index contributed by atoms with van der Waals surface area (Å²) in [5.41, 5.74) is 1.53. The van der Waals surface area contributed by atoms with Crippen molar-refractivity contribution in [1.29, 1.82) is 0 Å². The summed E-state index contributed by atoms with van der Waals surface area (Å²) in [7, 11) is -3.61. The number of thiocarbonyl (C=S) groups is 1. The second kappa shape index (κ2) is 12.0. The van der Waals surface area contributed by atoms with Gasteiger partial charge in [-0.05, 0) is 48.9 Å². The van der Waals surface area contributed by atoms with Crippen molar-refractivity contribution in [2.24, 2.45) is 0 Å². The number of benzene rings is 2. The first-order valence-corrected chi connectivity index (χ1v) is 14.4. The lowest BCUT2D eigenvalue weighted by Gasteiger charge is -2.36. The zero-order valence-corrected chi connectivity index (χ0v) is 23.1. The lowest BCUT2D eigenvalue weighted by molar-refractivity contribution is -0.126. The number of amides is 2. The van der Waals surface area contributed by atoms with Crippen LogP contribution in [0.3, 0.4) is 0 Å². The molecule has 2 fully saturated rings. The predicted molar refractivity (Wildman–Crippen MR) is 150 cm³/mol. The molecule has 2 aromatic carbocycles. The van der Waals surface area contributed by atoms with Crippen LogP contribution in [0.2, 0.25) is 0 Å². The number of anilines is 2. The number of carbonyl (C=O) groups is 2. The van der Waals surface area contributed by atoms with Crippen molar-refractivity contribution in [2.75, 3.05) is 55.3 Å². The molecule has 0 unspecified atom stereocenters. The van der Waals surface area contributed by atoms with E-state index in [1.54, 1.807) is 42.2 Å². The highest BCUT2D eigenvalue weighted by atomic mass is 32.2. The molecule has 0 aromatic heterocycles. The van der Waals surface area contributed by atoms with Gasteiger partial charge in [-0.1, -0.05) is 24.4 Å². The molecule has 1 N–H and O–H groups in total. The first-order valence-electron chi connectivity index (χ1n) is 12.2. The Morgan fingerprint density at radius 1 is 1.18 bits per heavy atom. The average molecular weight is 577 g/mol. The van der Waals surface area contributed by atoms with E-state index in [1.165, 1.54) is 29.2 Å². The van der Waals surface area contributed by atoms with E-state index in [0.717, 1.165) is 6.26 Å². The average Bonchev–Trinajstić information content (AvgIpc) is 3.26. The van der Waals surface area contributed by atoms with E-state index in [2.05, 4.69) is 5.32 Å². The fourth-order valence-corrected chi connectivity index (χ4v) is 4.81. The Hall–Kier alpha value is -3.71. The minimum absolute atomic E-state index is 0.178. The number of hydrogen-bond acceptors (Lipinski definition) is 8. The minimum Gasteiger partial charge on any atom is -0.442 e. The van der Waals surface area contributed by atoms with E-state index < -0.39 is 22.0 Å². The van der Waals surface area contributed by atoms with Gasteiger partial charge >= 0.3 is 16.2 Å². The van der Waals surface area contributed by atoms with Gasteiger partial charge in [0.05, 0.1) is 35.7 Å². The van der Waals surface area contributed by atoms with Gasteiger partial charge < -0.3 is 24.0 Å². The molecule has 208 valence electrons. The topological polar surface area (TPSA) is 108 Å². The summed E-state index contributed by atoms with van der Waals surface area (Å²) in [6.45, 7) is 4.15. The van der Waals surface area contributed by atoms with Gasteiger partial charge in [0.1, 0.15) is 17.7 Å². The SMILES string of the molecule is CC(=S)NC[C@H]1CN(c2ccc(N3CCN(C(=O)/C=C/c4ccc(OS(C)(=O)=O)cc4)CC3)c(F)c2)C(=O)O1. The number of hydrogen-bond donors (Lipinski definition) is 1. The predicted octanol–water partition coefficient (Wildman–Crippen LogP) is 2.79. The van der Waals surface area contributed by atoms with Crippen molar-refractivity contribution >= 4 is 56.8 Å². The Morgan fingerprint density at radius 2 is 1.87 bits per heavy atom. The molecule has 0 radical (unpaired) electrons. The minimum atomic E-state index is -3.61. The van der Waals surface area contributed by atoms with Gasteiger partial charge in [0.25, 0.3) is 0 Å². The molecular weight excluding hydrogens is 547 g/mol. The quantitative estimate of drug-likeness (QED) is 0.288. The van der Waals surface area contributed by atoms with Crippen LogP contribution in [0.4, 0.5) is 20.6 Å². The molecule has 1 atom stereocenters. The second-order valence-electron chi connectivity index (χ2n) is 9.19. The number of rotatable bonds is 8. The van der Waals surface area contributed by atoms with Crippen LogP contribution in [0.15, 0.2) is 48.5 Å². The van der Waals surface area contributed by atoms with Crippen molar-refractivity contribution in [3.63, 3.8) is 0 Å². The van der Waals surface area contributed by atoms with Crippen molar-refractivity contribution in [3.8, 4) is 5.75 Å². The van der Waals surface area contributed by atoms with Gasteiger partial charge in [0.15, 0.2) is 0 Å². The summed E-state index contributed by atoms with van der Waals surface area (Å²) in [5.74, 6) is -0.446. The highest BCUT2D eigenvalue weighted by molar-refractivity contribution is 7.86. The molecule has 2 amide bonds. The first kappa shape index (κ1) is 28.3. The number of nitrogens with one attached hydrogen (secondary N) is 1. The van der Waals surface area contributed by atoms with Crippen LogP contribution in [0, 0.1) is 5.82 Å². The van der Waals surface area contributed by atoms with Gasteiger partial charge in [-0.25, -0.2) is 9.18 Å². The number of carbonyl (C=O) groups excluding carboxylic acids is 2. The molecule has 0 aliphatic carbocycles. The van der Waals surface area contributed by atoms with E-state index in [9.17, 15) is 18.0 Å². The molecule has 0 bridgehead atoms. The monoisotopic (exact) mass is 576 g/mol. The summed E-state index contributed by atoms with van der Waals surface area (Å²) in [6, 6.07) is 11.0. The van der Waals surface area contributed by atoms with Crippen molar-refractivity contribution in [3.05, 3.63) is 59.9 Å². The lowest BCUT2D eigenvalue weighted by atomic mass is 10.2. The zero-order chi connectivity index (χ0) is 28.2. The van der Waals surface area contributed by atoms with E-state index in [1.807, 2.05) is 4.90 Å². The summed E-state index contributed by atoms with van der Waals surface area (Å²) in [5, 5.41) is 2.97. The molecule has 0 spiro atoms. The number of nitrogens with zero attached hydrogens (tertiary/aromatic N) is 3. The second-order valence-corrected chi connectivity index (χ2v) is 11.4. The van der Waals surface area contributed by atoms with Gasteiger partial charge in [-0.2, -0.15) is 8.42 Å². The number of ether oxygens (including phenoxy) is 1. The summed E-state index contributed by atoms with van der Waals surface area (Å²) in [6.07, 6.45) is 3.13. The number of piperazine rings is 1. The van der Waals surface area contributed by atoms with Crippen LogP contribution in [0.5, 0.6) is 5.75 Å². The lowest BCUT2D eigenvalue weighted by Crippen LogP contribution is -2.48. The highest BCUT2D eigenvalue weighted by Gasteiger charge is 2.33. The number of halogens is 1. The molecule has 39 heavy (non-hydrogen) atoms. The molecular formula is C26H29FN4O6S2. The fourth-order valence-electron chi connectivity index (χ4n) is 4.27. The third-order valence-electron chi connectivity index (χ3n) is 6.17. The fraction of sp³-hybridized carbons (Fsp3) is 0.346. The van der Waals surface area contributed by atoms with Gasteiger partial charge in [0.2, 0.25) is 5.91 Å². The molecule has 2 aliphatic heterocycles. The Morgan fingerprint density at radius 3 is 2.49 bits per heavy atom. The van der Waals surface area contributed by atoms with Gasteiger partial charge in [0, 0.05) is 32.3 Å². The molecule has 13 heteroatoms. The Kier molecular flexibility index (Phi) is 8.70. The Labute approximate surface area is 232 Å². The van der Waals surface area contributed by atoms with Crippen LogP contribution < -0.4 is 19.3 Å². The normalized spacial score (nSPS) is 17.9. The van der Waals surface area contributed by atoms with Crippen LogP contribution >= 0.6 is 12.2 Å². The van der Waals surface area contributed by atoms with E-state index >= 15 is 4.39 Å². The van der Waals surface area contributed by atoms with E-state index in [0.29, 0.717) is 61.2 Å². The molecule has 2 aliphatic rings. The standard InChI is InChI=1S/C26H29FN4O6S2/c1-18(38)28-16-22-17-31(26(33)36-22)20-6-9-24(23(27)15-20)29-11-13-30(14-12-29)25(32)10-5-19-3-7-21(8-4-19)37-39(2,34)35/h3-10,15,22H,11-14,16-17H2,1-2H3,(H,28,38)/b10-5+/t22-/m0/s1. The summed E-state index contributed by atoms with van der Waals surface area (Å²) < 4.78 is 47.6. The largest absolute Gasteiger partial charge is 0.442 e. The van der Waals surface area contributed by atoms with Crippen LogP contribution in [0.1, 0.15) is 12.5 Å². The molecule has 10 nitrogen and oxygen atoms in total. The zero-order valence-electron chi connectivity index (χ0n) is 21.5. The maximum atomic E-state index is 15.1. The molecule has 2 saturated heterocycles. The smallest absolute Gasteiger partial charge is 0.414 e. The molecule has 0 saturated carbocycles. The van der Waals surface area contributed by atoms with Crippen LogP contribution in [0.25, 0.3) is 6.08 Å². The maximum Gasteiger partial charge on any atom is 0.414 e. The molecule has 2 aromatic rings. The van der Waals surface area contributed by atoms with Gasteiger partial charge in [-0.15, -0.1) is 0 Å².